The molecule has 12 aromatic rings. The summed E-state index contributed by atoms with van der Waals surface area (Å²) in [5.41, 5.74) is 11.5. The van der Waals surface area contributed by atoms with E-state index in [-0.39, 0.29) is 0 Å². The molecule has 3 aromatic heterocycles. The molecule has 12 rings (SSSR count). The quantitative estimate of drug-likeness (QED) is 0.157. The van der Waals surface area contributed by atoms with Gasteiger partial charge in [-0.25, -0.2) is 19.9 Å². The molecule has 0 radical (unpaired) electrons. The zero-order valence-corrected chi connectivity index (χ0v) is 32.8. The van der Waals surface area contributed by atoms with E-state index in [1.54, 1.807) is 0 Å². The van der Waals surface area contributed by atoms with Gasteiger partial charge in [0.15, 0.2) is 23.1 Å². The molecule has 5 heteroatoms. The van der Waals surface area contributed by atoms with Crippen LogP contribution in [-0.4, -0.2) is 19.9 Å². The summed E-state index contributed by atoms with van der Waals surface area (Å²) in [6.07, 6.45) is 0. The van der Waals surface area contributed by atoms with E-state index in [0.29, 0.717) is 17.5 Å². The lowest BCUT2D eigenvalue weighted by atomic mass is 9.92. The molecular formula is C56H34N4O. The topological polar surface area (TPSA) is 64.7 Å². The van der Waals surface area contributed by atoms with Crippen molar-refractivity contribution in [1.82, 2.24) is 19.9 Å². The maximum atomic E-state index is 6.84. The number of pyridine rings is 1. The second kappa shape index (κ2) is 14.2. The average molecular weight is 779 g/mol. The van der Waals surface area contributed by atoms with Crippen molar-refractivity contribution in [3.63, 3.8) is 0 Å². The lowest BCUT2D eigenvalue weighted by Gasteiger charge is -2.14. The van der Waals surface area contributed by atoms with E-state index >= 15 is 0 Å². The van der Waals surface area contributed by atoms with E-state index in [2.05, 4.69) is 140 Å². The van der Waals surface area contributed by atoms with Crippen molar-refractivity contribution < 1.29 is 4.42 Å². The number of furan rings is 1. The van der Waals surface area contributed by atoms with Crippen molar-refractivity contribution in [2.45, 2.75) is 0 Å². The fourth-order valence-corrected chi connectivity index (χ4v) is 8.84. The smallest absolute Gasteiger partial charge is 0.164 e. The molecule has 9 aromatic carbocycles. The Kier molecular flexibility index (Phi) is 8.10. The highest BCUT2D eigenvalue weighted by molar-refractivity contribution is 6.26. The number of hydrogen-bond acceptors (Lipinski definition) is 5. The van der Waals surface area contributed by atoms with Crippen molar-refractivity contribution in [1.29, 1.82) is 0 Å². The molecule has 0 unspecified atom stereocenters. The predicted molar refractivity (Wildman–Crippen MR) is 250 cm³/mol. The second-order valence-electron chi connectivity index (χ2n) is 15.4. The number of nitrogens with zero attached hydrogens (tertiary/aromatic N) is 4. The molecular weight excluding hydrogens is 745 g/mol. The van der Waals surface area contributed by atoms with Crippen LogP contribution in [0.4, 0.5) is 0 Å². The Balaban J connectivity index is 1.02. The van der Waals surface area contributed by atoms with Gasteiger partial charge in [-0.2, -0.15) is 0 Å². The molecule has 0 atom stereocenters. The predicted octanol–water partition coefficient (Wildman–Crippen LogP) is 14.6. The van der Waals surface area contributed by atoms with E-state index in [1.165, 1.54) is 16.2 Å². The minimum atomic E-state index is 0.620. The van der Waals surface area contributed by atoms with Gasteiger partial charge in [0.05, 0.1) is 5.52 Å². The fraction of sp³-hybridized carbons (Fsp3) is 0. The van der Waals surface area contributed by atoms with Crippen LogP contribution in [0.2, 0.25) is 0 Å². The van der Waals surface area contributed by atoms with Crippen LogP contribution in [-0.2, 0) is 0 Å². The first-order valence-electron chi connectivity index (χ1n) is 20.5. The van der Waals surface area contributed by atoms with Gasteiger partial charge in [-0.3, -0.25) is 0 Å². The summed E-state index contributed by atoms with van der Waals surface area (Å²) in [6.45, 7) is 0. The first-order valence-corrected chi connectivity index (χ1v) is 20.5. The first kappa shape index (κ1) is 34.7. The highest BCUT2D eigenvalue weighted by Gasteiger charge is 2.22. The van der Waals surface area contributed by atoms with Gasteiger partial charge in [-0.05, 0) is 74.1 Å². The first-order chi connectivity index (χ1) is 30.2. The zero-order chi connectivity index (χ0) is 40.3. The second-order valence-corrected chi connectivity index (χ2v) is 15.4. The largest absolute Gasteiger partial charge is 0.454 e. The van der Waals surface area contributed by atoms with Gasteiger partial charge in [0.1, 0.15) is 11.3 Å². The third kappa shape index (κ3) is 5.94. The molecule has 0 amide bonds. The monoisotopic (exact) mass is 778 g/mol. The number of hydrogen-bond donors (Lipinski definition) is 0. The molecule has 0 saturated heterocycles. The number of fused-ring (bicyclic) bond motifs is 8. The van der Waals surface area contributed by atoms with Crippen LogP contribution in [0.15, 0.2) is 211 Å². The Bertz CT molecular complexity index is 3590. The standard InChI is InChI=1S/C56H34N4O/c1-3-16-35(17-4-1)54-58-55(36-18-5-2-6-19-36)60-56(59-54)41-24-14-22-38(33-41)37-21-13-23-39(32-37)43-29-15-30-48-50(43)51-46-28-11-12-31-49(46)61-53(51)52(57-48)47-34-40-20-7-8-25-42(40)44-26-9-10-27-45(44)47/h1-34H. The fourth-order valence-electron chi connectivity index (χ4n) is 8.84. The molecule has 0 N–H and O–H groups in total. The maximum absolute atomic E-state index is 6.84. The van der Waals surface area contributed by atoms with Crippen molar-refractivity contribution in [2.75, 3.05) is 0 Å². The van der Waals surface area contributed by atoms with Crippen molar-refractivity contribution in [3.8, 4) is 67.7 Å². The average Bonchev–Trinajstić information content (AvgIpc) is 3.74. The molecule has 0 bridgehead atoms. The molecule has 0 aliphatic rings. The number of aromatic nitrogens is 4. The normalized spacial score (nSPS) is 11.6. The number of benzene rings is 9. The van der Waals surface area contributed by atoms with Crippen molar-refractivity contribution >= 4 is 54.4 Å². The summed E-state index contributed by atoms with van der Waals surface area (Å²) in [7, 11) is 0. The molecule has 0 aliphatic carbocycles. The van der Waals surface area contributed by atoms with Gasteiger partial charge in [0.25, 0.3) is 0 Å². The minimum absolute atomic E-state index is 0.620. The van der Waals surface area contributed by atoms with E-state index < -0.39 is 0 Å². The molecule has 5 nitrogen and oxygen atoms in total. The zero-order valence-electron chi connectivity index (χ0n) is 32.8. The van der Waals surface area contributed by atoms with E-state index in [1.807, 2.05) is 66.7 Å². The third-order valence-electron chi connectivity index (χ3n) is 11.7. The van der Waals surface area contributed by atoms with E-state index in [0.717, 1.165) is 88.4 Å². The van der Waals surface area contributed by atoms with E-state index in [9.17, 15) is 0 Å². The van der Waals surface area contributed by atoms with Crippen LogP contribution in [0.3, 0.4) is 0 Å². The van der Waals surface area contributed by atoms with Gasteiger partial charge in [-0.15, -0.1) is 0 Å². The lowest BCUT2D eigenvalue weighted by Crippen LogP contribution is -2.00. The summed E-state index contributed by atoms with van der Waals surface area (Å²) in [4.78, 5) is 20.4. The molecule has 61 heavy (non-hydrogen) atoms. The van der Waals surface area contributed by atoms with Crippen LogP contribution in [0.5, 0.6) is 0 Å². The molecule has 3 heterocycles. The van der Waals surface area contributed by atoms with Gasteiger partial charge in [0, 0.05) is 38.4 Å². The summed E-state index contributed by atoms with van der Waals surface area (Å²) in [5.74, 6) is 1.89. The maximum Gasteiger partial charge on any atom is 0.164 e. The van der Waals surface area contributed by atoms with Crippen LogP contribution in [0.1, 0.15) is 0 Å². The Labute approximate surface area is 351 Å². The molecule has 0 saturated carbocycles. The van der Waals surface area contributed by atoms with Gasteiger partial charge in [0.2, 0.25) is 0 Å². The lowest BCUT2D eigenvalue weighted by molar-refractivity contribution is 0.669. The highest BCUT2D eigenvalue weighted by Crippen LogP contribution is 2.45. The Morgan fingerprint density at radius 1 is 0.311 bits per heavy atom. The molecule has 284 valence electrons. The summed E-state index contributed by atoms with van der Waals surface area (Å²) in [5, 5.41) is 7.92. The Morgan fingerprint density at radius 3 is 1.56 bits per heavy atom. The van der Waals surface area contributed by atoms with Gasteiger partial charge in [-0.1, -0.05) is 176 Å². The van der Waals surface area contributed by atoms with Crippen molar-refractivity contribution in [2.24, 2.45) is 0 Å². The van der Waals surface area contributed by atoms with Crippen molar-refractivity contribution in [3.05, 3.63) is 206 Å². The number of rotatable bonds is 6. The SMILES string of the molecule is c1ccc(-c2nc(-c3ccccc3)nc(-c3cccc(-c4cccc(-c5cccc6nc(-c7cc8ccccc8c8ccccc78)c7oc8ccccc8c7c56)c4)c3)n2)cc1. The van der Waals surface area contributed by atoms with Crippen LogP contribution in [0.25, 0.3) is 122 Å². The summed E-state index contributed by atoms with van der Waals surface area (Å²) >= 11 is 0. The third-order valence-corrected chi connectivity index (χ3v) is 11.7. The number of para-hydroxylation sites is 1. The summed E-state index contributed by atoms with van der Waals surface area (Å²) in [6, 6.07) is 71.6. The van der Waals surface area contributed by atoms with Crippen LogP contribution >= 0.6 is 0 Å². The Morgan fingerprint density at radius 2 is 0.836 bits per heavy atom. The molecule has 0 aliphatic heterocycles. The van der Waals surface area contributed by atoms with E-state index in [4.69, 9.17) is 24.4 Å². The minimum Gasteiger partial charge on any atom is -0.454 e. The highest BCUT2D eigenvalue weighted by atomic mass is 16.3. The molecule has 0 fully saturated rings. The van der Waals surface area contributed by atoms with Gasteiger partial charge >= 0.3 is 0 Å². The Hall–Kier alpha value is -8.28. The van der Waals surface area contributed by atoms with Crippen LogP contribution in [0, 0.1) is 0 Å². The van der Waals surface area contributed by atoms with Gasteiger partial charge < -0.3 is 4.42 Å². The van der Waals surface area contributed by atoms with Crippen LogP contribution < -0.4 is 0 Å². The molecule has 0 spiro atoms. The summed E-state index contributed by atoms with van der Waals surface area (Å²) < 4.78 is 6.84.